The molecule has 3 bridgehead atoms. The zero-order valence-electron chi connectivity index (χ0n) is 11.7. The monoisotopic (exact) mass is 288 g/mol. The molecule has 2 aliphatic heterocycles. The smallest absolute Gasteiger partial charge is 0.251 e. The summed E-state index contributed by atoms with van der Waals surface area (Å²) in [6.45, 7) is 0.477. The van der Waals surface area contributed by atoms with E-state index in [0.717, 1.165) is 27.7 Å². The van der Waals surface area contributed by atoms with Gasteiger partial charge in [0.15, 0.2) is 0 Å². The lowest BCUT2D eigenvalue weighted by Crippen LogP contribution is -2.21. The highest BCUT2D eigenvalue weighted by molar-refractivity contribution is 5.85. The molecule has 106 valence electrons. The minimum atomic E-state index is 0.449. The van der Waals surface area contributed by atoms with E-state index >= 15 is 0 Å². The quantitative estimate of drug-likeness (QED) is 0.716. The highest BCUT2D eigenvalue weighted by atomic mass is 16.5. The lowest BCUT2D eigenvalue weighted by Gasteiger charge is -2.00. The van der Waals surface area contributed by atoms with Crippen LogP contribution < -0.4 is 15.5 Å². The molecule has 0 amide bonds. The number of fused-ring (bicyclic) bond motifs is 3. The zero-order valence-corrected chi connectivity index (χ0v) is 11.7. The number of allylic oxidation sites excluding steroid dienone is 4. The summed E-state index contributed by atoms with van der Waals surface area (Å²) >= 11 is 0. The molecule has 3 aliphatic rings. The van der Waals surface area contributed by atoms with Crippen molar-refractivity contribution in [3.8, 4) is 5.75 Å². The fourth-order valence-corrected chi connectivity index (χ4v) is 2.24. The van der Waals surface area contributed by atoms with E-state index in [4.69, 9.17) is 4.74 Å². The number of hydrogen-bond donors (Lipinski definition) is 0. The number of ether oxygens (including phenoxy) is 1. The Kier molecular flexibility index (Phi) is 3.08. The van der Waals surface area contributed by atoms with E-state index in [1.807, 2.05) is 48.6 Å². The Balaban J connectivity index is 1.83. The van der Waals surface area contributed by atoms with Crippen molar-refractivity contribution in [2.45, 2.75) is 0 Å². The molecule has 4 rings (SSSR count). The summed E-state index contributed by atoms with van der Waals surface area (Å²) in [5, 5.41) is 1.59. The normalized spacial score (nSPS) is 18.3. The second-order valence-corrected chi connectivity index (χ2v) is 4.82. The molecule has 0 fully saturated rings. The van der Waals surface area contributed by atoms with Crippen LogP contribution in [0, 0.1) is 0 Å². The standard InChI is InChI=1S/C17H12N4O/c1-2-9-22-13-6-7-15-16(10-13)21-17(20-15)19-14-5-3-4-12(14)11-18-8-1/h1-8,10-11H,9H2. The van der Waals surface area contributed by atoms with Gasteiger partial charge in [0.2, 0.25) is 0 Å². The summed E-state index contributed by atoms with van der Waals surface area (Å²) in [6, 6.07) is 5.66. The summed E-state index contributed by atoms with van der Waals surface area (Å²) in [6.07, 6.45) is 13.1. The molecule has 1 aromatic rings. The van der Waals surface area contributed by atoms with Crippen LogP contribution in [0.1, 0.15) is 0 Å². The predicted molar refractivity (Wildman–Crippen MR) is 84.6 cm³/mol. The minimum absolute atomic E-state index is 0.449. The van der Waals surface area contributed by atoms with Crippen LogP contribution in [0.4, 0.5) is 0 Å². The summed E-state index contributed by atoms with van der Waals surface area (Å²) in [4.78, 5) is 17.6. The molecule has 22 heavy (non-hydrogen) atoms. The molecule has 2 heterocycles. The Morgan fingerprint density at radius 1 is 1.00 bits per heavy atom. The third-order valence-corrected chi connectivity index (χ3v) is 3.30. The second-order valence-electron chi connectivity index (χ2n) is 4.82. The van der Waals surface area contributed by atoms with Gasteiger partial charge in [-0.15, -0.1) is 0 Å². The van der Waals surface area contributed by atoms with Gasteiger partial charge in [-0.1, -0.05) is 12.2 Å². The maximum Gasteiger partial charge on any atom is 0.251 e. The van der Waals surface area contributed by atoms with Gasteiger partial charge in [0.25, 0.3) is 5.96 Å². The third kappa shape index (κ3) is 2.44. The van der Waals surface area contributed by atoms with Crippen molar-refractivity contribution in [3.63, 3.8) is 0 Å². The Hall–Kier alpha value is -3.08. The van der Waals surface area contributed by atoms with E-state index in [1.54, 1.807) is 12.4 Å². The minimum Gasteiger partial charge on any atom is -0.489 e. The van der Waals surface area contributed by atoms with Crippen LogP contribution in [-0.4, -0.2) is 18.8 Å². The van der Waals surface area contributed by atoms with Gasteiger partial charge in [0, 0.05) is 24.1 Å². The zero-order chi connectivity index (χ0) is 14.8. The number of rotatable bonds is 0. The summed E-state index contributed by atoms with van der Waals surface area (Å²) in [5.41, 5.74) is 1.74. The average molecular weight is 288 g/mol. The number of nitrogens with zero attached hydrogens (tertiary/aromatic N) is 4. The first-order valence-corrected chi connectivity index (χ1v) is 6.95. The molecular formula is C17H12N4O. The van der Waals surface area contributed by atoms with Gasteiger partial charge in [-0.3, -0.25) is 4.99 Å². The Labute approximate surface area is 126 Å². The van der Waals surface area contributed by atoms with Crippen LogP contribution in [0.2, 0.25) is 0 Å². The Bertz CT molecular complexity index is 930. The molecule has 0 aromatic heterocycles. The number of guanidine groups is 1. The molecule has 0 saturated heterocycles. The van der Waals surface area contributed by atoms with Gasteiger partial charge in [0.1, 0.15) is 12.4 Å². The molecular weight excluding hydrogens is 276 g/mol. The van der Waals surface area contributed by atoms with Crippen LogP contribution in [-0.2, 0) is 0 Å². The highest BCUT2D eigenvalue weighted by Crippen LogP contribution is 2.20. The Morgan fingerprint density at radius 3 is 2.95 bits per heavy atom. The maximum absolute atomic E-state index is 5.64. The number of benzene rings is 1. The van der Waals surface area contributed by atoms with Gasteiger partial charge in [-0.05, 0) is 30.4 Å². The van der Waals surface area contributed by atoms with Crippen molar-refractivity contribution in [2.75, 3.05) is 6.61 Å². The SMILES string of the molecule is C1=CCOc2ccc3c(c2)=NC(=NC2=CC=CC2=CN=C1)N=3. The van der Waals surface area contributed by atoms with Gasteiger partial charge in [-0.2, -0.15) is 0 Å². The first-order chi connectivity index (χ1) is 10.9. The summed E-state index contributed by atoms with van der Waals surface area (Å²) in [7, 11) is 0. The van der Waals surface area contributed by atoms with E-state index in [-0.39, 0.29) is 0 Å². The fourth-order valence-electron chi connectivity index (χ4n) is 2.24. The summed E-state index contributed by atoms with van der Waals surface area (Å²) < 4.78 is 5.64. The van der Waals surface area contributed by atoms with E-state index in [9.17, 15) is 0 Å². The Morgan fingerprint density at radius 2 is 1.95 bits per heavy atom. The van der Waals surface area contributed by atoms with Gasteiger partial charge >= 0.3 is 0 Å². The average Bonchev–Trinajstić information content (AvgIpc) is 3.11. The van der Waals surface area contributed by atoms with Crippen molar-refractivity contribution >= 4 is 12.2 Å². The lowest BCUT2D eigenvalue weighted by atomic mass is 10.2. The molecule has 5 nitrogen and oxygen atoms in total. The predicted octanol–water partition coefficient (Wildman–Crippen LogP) is 1.65. The van der Waals surface area contributed by atoms with Crippen LogP contribution in [0.25, 0.3) is 0 Å². The van der Waals surface area contributed by atoms with Crippen molar-refractivity contribution in [1.82, 2.24) is 0 Å². The van der Waals surface area contributed by atoms with E-state index in [2.05, 4.69) is 20.0 Å². The molecule has 0 spiro atoms. The molecule has 0 radical (unpaired) electrons. The van der Waals surface area contributed by atoms with Crippen molar-refractivity contribution in [2.24, 2.45) is 20.0 Å². The molecule has 1 aliphatic carbocycles. The lowest BCUT2D eigenvalue weighted by molar-refractivity contribution is 0.362. The highest BCUT2D eigenvalue weighted by Gasteiger charge is 2.10. The van der Waals surface area contributed by atoms with Crippen molar-refractivity contribution < 1.29 is 4.74 Å². The molecule has 0 unspecified atom stereocenters. The molecule has 0 saturated carbocycles. The number of aliphatic imine (C=N–C) groups is 2. The molecule has 0 atom stereocenters. The first-order valence-electron chi connectivity index (χ1n) is 6.95. The fraction of sp³-hybridized carbons (Fsp3) is 0.0588. The van der Waals surface area contributed by atoms with Crippen molar-refractivity contribution in [1.29, 1.82) is 0 Å². The van der Waals surface area contributed by atoms with Gasteiger partial charge in [-0.25, -0.2) is 15.0 Å². The summed E-state index contributed by atoms with van der Waals surface area (Å²) in [5.74, 6) is 1.21. The van der Waals surface area contributed by atoms with Crippen LogP contribution >= 0.6 is 0 Å². The topological polar surface area (TPSA) is 58.7 Å². The van der Waals surface area contributed by atoms with Gasteiger partial charge < -0.3 is 4.74 Å². The van der Waals surface area contributed by atoms with Crippen molar-refractivity contribution in [3.05, 3.63) is 76.8 Å². The molecule has 5 heteroatoms. The van der Waals surface area contributed by atoms with E-state index in [0.29, 0.717) is 12.6 Å². The third-order valence-electron chi connectivity index (χ3n) is 3.30. The van der Waals surface area contributed by atoms with Crippen LogP contribution in [0.5, 0.6) is 5.75 Å². The van der Waals surface area contributed by atoms with Gasteiger partial charge in [0.05, 0.1) is 16.4 Å². The van der Waals surface area contributed by atoms with Crippen LogP contribution in [0.15, 0.2) is 86.0 Å². The largest absolute Gasteiger partial charge is 0.489 e. The maximum atomic E-state index is 5.64. The number of hydrogen-bond acceptors (Lipinski definition) is 5. The molecule has 1 aromatic carbocycles. The first kappa shape index (κ1) is 12.6. The van der Waals surface area contributed by atoms with Crippen LogP contribution in [0.3, 0.4) is 0 Å². The van der Waals surface area contributed by atoms with E-state index in [1.165, 1.54) is 0 Å². The molecule has 0 N–H and O–H groups in total. The van der Waals surface area contributed by atoms with E-state index < -0.39 is 0 Å². The second kappa shape index (κ2) is 5.37.